The van der Waals surface area contributed by atoms with Crippen molar-refractivity contribution in [3.8, 4) is 0 Å². The molecular formula is C22H28N4O2. The maximum absolute atomic E-state index is 12.9. The summed E-state index contributed by atoms with van der Waals surface area (Å²) in [7, 11) is 0. The zero-order valence-electron chi connectivity index (χ0n) is 16.2. The van der Waals surface area contributed by atoms with Crippen molar-refractivity contribution in [3.63, 3.8) is 0 Å². The maximum Gasteiger partial charge on any atom is 0.254 e. The molecule has 2 heterocycles. The first-order valence-corrected chi connectivity index (χ1v) is 10.4. The van der Waals surface area contributed by atoms with Gasteiger partial charge in [-0.15, -0.1) is 0 Å². The normalized spacial score (nSPS) is 19.6. The standard InChI is InChI=1S/C22H28N4O2/c27-21(23-15-19-17-11-5-2-6-12-18(17)24-25-19)20-13-7-8-14-26(20)22(28)16-9-3-1-4-10-16/h1,3-4,9-10,20H,2,5-8,11-15H2,(H,23,27)(H,24,25)/t20-/m1/s1. The summed E-state index contributed by atoms with van der Waals surface area (Å²) in [5.74, 6) is -0.136. The van der Waals surface area contributed by atoms with Gasteiger partial charge in [-0.05, 0) is 62.6 Å². The van der Waals surface area contributed by atoms with Gasteiger partial charge in [-0.2, -0.15) is 5.10 Å². The van der Waals surface area contributed by atoms with Crippen LogP contribution in [0.4, 0.5) is 0 Å². The van der Waals surface area contributed by atoms with E-state index in [1.54, 1.807) is 4.90 Å². The number of fused-ring (bicyclic) bond motifs is 1. The fraction of sp³-hybridized carbons (Fsp3) is 0.500. The van der Waals surface area contributed by atoms with Gasteiger partial charge >= 0.3 is 0 Å². The van der Waals surface area contributed by atoms with Gasteiger partial charge in [-0.25, -0.2) is 0 Å². The Bertz CT molecular complexity index is 830. The quantitative estimate of drug-likeness (QED) is 0.801. The second kappa shape index (κ2) is 8.59. The molecule has 2 aromatic rings. The Hall–Kier alpha value is -2.63. The van der Waals surface area contributed by atoms with Crippen LogP contribution in [0, 0.1) is 0 Å². The van der Waals surface area contributed by atoms with E-state index in [4.69, 9.17) is 0 Å². The average molecular weight is 380 g/mol. The number of hydrogen-bond acceptors (Lipinski definition) is 3. The summed E-state index contributed by atoms with van der Waals surface area (Å²) in [5, 5.41) is 10.6. The van der Waals surface area contributed by atoms with E-state index in [2.05, 4.69) is 15.5 Å². The Kier molecular flexibility index (Phi) is 5.74. The molecule has 1 aromatic carbocycles. The first-order chi connectivity index (χ1) is 13.7. The van der Waals surface area contributed by atoms with E-state index >= 15 is 0 Å². The minimum absolute atomic E-state index is 0.0610. The fourth-order valence-electron chi connectivity index (χ4n) is 4.36. The summed E-state index contributed by atoms with van der Waals surface area (Å²) in [6.45, 7) is 1.05. The van der Waals surface area contributed by atoms with E-state index in [-0.39, 0.29) is 11.8 Å². The molecule has 6 heteroatoms. The smallest absolute Gasteiger partial charge is 0.254 e. The lowest BCUT2D eigenvalue weighted by Gasteiger charge is -2.34. The van der Waals surface area contributed by atoms with Crippen molar-refractivity contribution in [2.75, 3.05) is 6.54 Å². The van der Waals surface area contributed by atoms with E-state index < -0.39 is 6.04 Å². The highest BCUT2D eigenvalue weighted by atomic mass is 16.2. The zero-order chi connectivity index (χ0) is 19.3. The van der Waals surface area contributed by atoms with Crippen LogP contribution in [0.3, 0.4) is 0 Å². The molecular weight excluding hydrogens is 352 g/mol. The van der Waals surface area contributed by atoms with Crippen molar-refractivity contribution in [1.29, 1.82) is 0 Å². The van der Waals surface area contributed by atoms with E-state index in [1.165, 1.54) is 30.5 Å². The highest BCUT2D eigenvalue weighted by Crippen LogP contribution is 2.23. The van der Waals surface area contributed by atoms with Gasteiger partial charge in [0, 0.05) is 17.8 Å². The first-order valence-electron chi connectivity index (χ1n) is 10.4. The summed E-state index contributed by atoms with van der Waals surface area (Å²) in [6.07, 6.45) is 8.30. The van der Waals surface area contributed by atoms with Gasteiger partial charge < -0.3 is 10.2 Å². The number of aryl methyl sites for hydroxylation is 1. The van der Waals surface area contributed by atoms with Crippen LogP contribution in [0.2, 0.25) is 0 Å². The molecule has 1 saturated heterocycles. The van der Waals surface area contributed by atoms with Crippen LogP contribution in [0.25, 0.3) is 0 Å². The number of aromatic nitrogens is 2. The number of likely N-dealkylation sites (tertiary alicyclic amines) is 1. The Morgan fingerprint density at radius 3 is 2.75 bits per heavy atom. The van der Waals surface area contributed by atoms with Crippen LogP contribution >= 0.6 is 0 Å². The minimum Gasteiger partial charge on any atom is -0.349 e. The lowest BCUT2D eigenvalue weighted by atomic mass is 9.99. The predicted molar refractivity (Wildman–Crippen MR) is 107 cm³/mol. The number of nitrogens with zero attached hydrogens (tertiary/aromatic N) is 2. The molecule has 2 N–H and O–H groups in total. The van der Waals surface area contributed by atoms with Crippen molar-refractivity contribution in [2.45, 2.75) is 64.0 Å². The third-order valence-electron chi connectivity index (χ3n) is 5.91. The predicted octanol–water partition coefficient (Wildman–Crippen LogP) is 2.99. The molecule has 0 unspecified atom stereocenters. The Labute approximate surface area is 165 Å². The van der Waals surface area contributed by atoms with E-state index in [0.717, 1.165) is 31.4 Å². The molecule has 1 atom stereocenters. The number of rotatable bonds is 4. The highest BCUT2D eigenvalue weighted by molar-refractivity contribution is 5.97. The van der Waals surface area contributed by atoms with Crippen LogP contribution in [0.1, 0.15) is 65.8 Å². The number of amides is 2. The van der Waals surface area contributed by atoms with Gasteiger partial charge in [0.2, 0.25) is 5.91 Å². The second-order valence-corrected chi connectivity index (χ2v) is 7.78. The summed E-state index contributed by atoms with van der Waals surface area (Å²) < 4.78 is 0. The monoisotopic (exact) mass is 380 g/mol. The van der Waals surface area contributed by atoms with Gasteiger partial charge in [0.15, 0.2) is 0 Å². The molecule has 0 spiro atoms. The summed E-state index contributed by atoms with van der Waals surface area (Å²) in [5.41, 5.74) is 4.08. The lowest BCUT2D eigenvalue weighted by molar-refractivity contribution is -0.126. The minimum atomic E-state index is -0.404. The molecule has 6 nitrogen and oxygen atoms in total. The first kappa shape index (κ1) is 18.7. The molecule has 28 heavy (non-hydrogen) atoms. The van der Waals surface area contributed by atoms with Gasteiger partial charge in [-0.1, -0.05) is 24.6 Å². The van der Waals surface area contributed by atoms with Crippen LogP contribution in [0.15, 0.2) is 30.3 Å². The number of carbonyl (C=O) groups excluding carboxylic acids is 2. The topological polar surface area (TPSA) is 78.1 Å². The van der Waals surface area contributed by atoms with Crippen LogP contribution in [-0.4, -0.2) is 39.5 Å². The van der Waals surface area contributed by atoms with Crippen molar-refractivity contribution < 1.29 is 9.59 Å². The number of H-pyrrole nitrogens is 1. The molecule has 1 aliphatic carbocycles. The molecule has 1 fully saturated rings. The average Bonchev–Trinajstić information content (AvgIpc) is 2.98. The third-order valence-corrected chi connectivity index (χ3v) is 5.91. The molecule has 148 valence electrons. The number of piperidine rings is 1. The maximum atomic E-state index is 12.9. The van der Waals surface area contributed by atoms with Crippen LogP contribution < -0.4 is 5.32 Å². The molecule has 0 bridgehead atoms. The molecule has 1 aromatic heterocycles. The van der Waals surface area contributed by atoms with Crippen molar-refractivity contribution in [1.82, 2.24) is 20.4 Å². The summed E-state index contributed by atoms with van der Waals surface area (Å²) in [6, 6.07) is 8.82. The van der Waals surface area contributed by atoms with Gasteiger partial charge in [0.05, 0.1) is 12.2 Å². The van der Waals surface area contributed by atoms with E-state index in [1.807, 2.05) is 30.3 Å². The van der Waals surface area contributed by atoms with Gasteiger partial charge in [-0.3, -0.25) is 14.7 Å². The molecule has 0 saturated carbocycles. The number of nitrogens with one attached hydrogen (secondary N) is 2. The number of aromatic amines is 1. The van der Waals surface area contributed by atoms with Gasteiger partial charge in [0.25, 0.3) is 5.91 Å². The summed E-state index contributed by atoms with van der Waals surface area (Å²) in [4.78, 5) is 27.6. The Balaban J connectivity index is 1.43. The SMILES string of the molecule is O=C(NCc1n[nH]c2c1CCCCC2)[C@H]1CCCCN1C(=O)c1ccccc1. The van der Waals surface area contributed by atoms with Crippen LogP contribution in [-0.2, 0) is 24.2 Å². The zero-order valence-corrected chi connectivity index (χ0v) is 16.2. The van der Waals surface area contributed by atoms with Crippen molar-refractivity contribution >= 4 is 11.8 Å². The number of hydrogen-bond donors (Lipinski definition) is 2. The fourth-order valence-corrected chi connectivity index (χ4v) is 4.36. The molecule has 1 aliphatic heterocycles. The van der Waals surface area contributed by atoms with E-state index in [0.29, 0.717) is 25.1 Å². The van der Waals surface area contributed by atoms with E-state index in [9.17, 15) is 9.59 Å². The molecule has 2 amide bonds. The molecule has 0 radical (unpaired) electrons. The Morgan fingerprint density at radius 2 is 1.89 bits per heavy atom. The van der Waals surface area contributed by atoms with Gasteiger partial charge in [0.1, 0.15) is 6.04 Å². The third kappa shape index (κ3) is 3.96. The largest absolute Gasteiger partial charge is 0.349 e. The number of benzene rings is 1. The van der Waals surface area contributed by atoms with Crippen LogP contribution in [0.5, 0.6) is 0 Å². The Morgan fingerprint density at radius 1 is 1.07 bits per heavy atom. The number of carbonyl (C=O) groups is 2. The van der Waals surface area contributed by atoms with Crippen molar-refractivity contribution in [3.05, 3.63) is 52.8 Å². The summed E-state index contributed by atoms with van der Waals surface area (Å²) >= 11 is 0. The second-order valence-electron chi connectivity index (χ2n) is 7.78. The molecule has 2 aliphatic rings. The lowest BCUT2D eigenvalue weighted by Crippen LogP contribution is -2.51. The van der Waals surface area contributed by atoms with Crippen molar-refractivity contribution in [2.24, 2.45) is 0 Å². The molecule has 4 rings (SSSR count). The highest BCUT2D eigenvalue weighted by Gasteiger charge is 2.32.